The van der Waals surface area contributed by atoms with Gasteiger partial charge in [-0.3, -0.25) is 14.2 Å². The van der Waals surface area contributed by atoms with Crippen LogP contribution in [0.2, 0.25) is 0 Å². The summed E-state index contributed by atoms with van der Waals surface area (Å²) in [6.07, 6.45) is 0. The topological polar surface area (TPSA) is 55.2 Å². The Hall–Kier alpha value is -4.03. The fraction of sp³-hybridized carbons (Fsp3) is 0.100. The molecule has 0 saturated heterocycles. The van der Waals surface area contributed by atoms with Crippen LogP contribution in [-0.2, 0) is 6.54 Å². The van der Waals surface area contributed by atoms with Crippen LogP contribution in [0, 0.1) is 0 Å². The van der Waals surface area contributed by atoms with Crippen LogP contribution < -0.4 is 5.56 Å². The Balaban J connectivity index is 1.70. The van der Waals surface area contributed by atoms with Crippen molar-refractivity contribution in [1.82, 2.24) is 14.5 Å². The number of carbonyl (C=O) groups is 1. The first kappa shape index (κ1) is 23.7. The minimum absolute atomic E-state index is 0.144. The first-order valence-electron chi connectivity index (χ1n) is 11.7. The van der Waals surface area contributed by atoms with Crippen LogP contribution in [0.1, 0.15) is 34.7 Å². The first-order chi connectivity index (χ1) is 17.5. The molecule has 0 bridgehead atoms. The minimum Gasteiger partial charge on any atom is -0.324 e. The Morgan fingerprint density at radius 3 is 2.28 bits per heavy atom. The van der Waals surface area contributed by atoms with Crippen LogP contribution in [0.25, 0.3) is 16.6 Å². The van der Waals surface area contributed by atoms with Gasteiger partial charge in [0.25, 0.3) is 11.5 Å². The van der Waals surface area contributed by atoms with E-state index in [4.69, 9.17) is 4.98 Å². The van der Waals surface area contributed by atoms with Gasteiger partial charge in [-0.1, -0.05) is 82.7 Å². The van der Waals surface area contributed by atoms with E-state index in [9.17, 15) is 9.59 Å². The molecule has 0 aliphatic rings. The van der Waals surface area contributed by atoms with Gasteiger partial charge >= 0.3 is 0 Å². The monoisotopic (exact) mass is 537 g/mol. The summed E-state index contributed by atoms with van der Waals surface area (Å²) in [5.74, 6) is 0.360. The molecule has 5 nitrogen and oxygen atoms in total. The molecule has 1 aromatic heterocycles. The number of benzene rings is 4. The zero-order valence-electron chi connectivity index (χ0n) is 19.7. The number of nitrogens with zero attached hydrogens (tertiary/aromatic N) is 3. The number of hydrogen-bond acceptors (Lipinski definition) is 3. The smallest absolute Gasteiger partial charge is 0.266 e. The van der Waals surface area contributed by atoms with E-state index in [1.54, 1.807) is 21.6 Å². The highest BCUT2D eigenvalue weighted by atomic mass is 79.9. The molecule has 1 atom stereocenters. The molecule has 1 unspecified atom stereocenters. The van der Waals surface area contributed by atoms with E-state index < -0.39 is 6.04 Å². The fourth-order valence-electron chi connectivity index (χ4n) is 4.35. The molecular weight excluding hydrogens is 514 g/mol. The molecule has 178 valence electrons. The van der Waals surface area contributed by atoms with Crippen molar-refractivity contribution in [2.24, 2.45) is 0 Å². The first-order valence-corrected chi connectivity index (χ1v) is 12.5. The highest BCUT2D eigenvalue weighted by molar-refractivity contribution is 9.10. The Bertz CT molecular complexity index is 1580. The van der Waals surface area contributed by atoms with Gasteiger partial charge in [-0.2, -0.15) is 0 Å². The summed E-state index contributed by atoms with van der Waals surface area (Å²) < 4.78 is 2.45. The van der Waals surface area contributed by atoms with E-state index in [1.165, 1.54) is 0 Å². The lowest BCUT2D eigenvalue weighted by Crippen LogP contribution is -2.37. The normalized spacial score (nSPS) is 11.8. The quantitative estimate of drug-likeness (QED) is 0.246. The SMILES string of the molecule is CC(c1nc2ccccc2c(=O)n1-c1ccccc1)N(Cc1ccccc1)C(=O)c1cccc(Br)c1. The van der Waals surface area contributed by atoms with Crippen molar-refractivity contribution in [3.05, 3.63) is 141 Å². The average Bonchev–Trinajstić information content (AvgIpc) is 2.92. The van der Waals surface area contributed by atoms with Gasteiger partial charge in [0.1, 0.15) is 5.82 Å². The fourth-order valence-corrected chi connectivity index (χ4v) is 4.75. The lowest BCUT2D eigenvalue weighted by atomic mass is 10.1. The zero-order chi connectivity index (χ0) is 25.1. The number of hydrogen-bond donors (Lipinski definition) is 0. The molecule has 1 amide bonds. The predicted octanol–water partition coefficient (Wildman–Crippen LogP) is 6.55. The van der Waals surface area contributed by atoms with Crippen molar-refractivity contribution >= 4 is 32.7 Å². The molecule has 1 heterocycles. The number of aromatic nitrogens is 2. The van der Waals surface area contributed by atoms with Crippen LogP contribution in [0.15, 0.2) is 118 Å². The van der Waals surface area contributed by atoms with Gasteiger partial charge in [-0.05, 0) is 55.0 Å². The van der Waals surface area contributed by atoms with E-state index in [0.29, 0.717) is 34.5 Å². The number of amides is 1. The Labute approximate surface area is 217 Å². The van der Waals surface area contributed by atoms with Crippen molar-refractivity contribution in [1.29, 1.82) is 0 Å². The van der Waals surface area contributed by atoms with Crippen LogP contribution in [0.3, 0.4) is 0 Å². The predicted molar refractivity (Wildman–Crippen MR) is 146 cm³/mol. The van der Waals surface area contributed by atoms with E-state index in [-0.39, 0.29) is 11.5 Å². The zero-order valence-corrected chi connectivity index (χ0v) is 21.3. The van der Waals surface area contributed by atoms with Crippen LogP contribution >= 0.6 is 15.9 Å². The summed E-state index contributed by atoms with van der Waals surface area (Å²) in [7, 11) is 0. The van der Waals surface area contributed by atoms with Crippen molar-refractivity contribution in [2.75, 3.05) is 0 Å². The Morgan fingerprint density at radius 1 is 0.889 bits per heavy atom. The molecule has 36 heavy (non-hydrogen) atoms. The Morgan fingerprint density at radius 2 is 1.56 bits per heavy atom. The van der Waals surface area contributed by atoms with Gasteiger partial charge < -0.3 is 4.90 Å². The van der Waals surface area contributed by atoms with Crippen molar-refractivity contribution in [2.45, 2.75) is 19.5 Å². The summed E-state index contributed by atoms with van der Waals surface area (Å²) >= 11 is 3.48. The van der Waals surface area contributed by atoms with Gasteiger partial charge in [0.05, 0.1) is 22.6 Å². The molecule has 4 aromatic carbocycles. The van der Waals surface area contributed by atoms with Crippen LogP contribution in [0.4, 0.5) is 0 Å². The molecule has 0 fully saturated rings. The maximum absolute atomic E-state index is 13.9. The van der Waals surface area contributed by atoms with E-state index >= 15 is 0 Å². The van der Waals surface area contributed by atoms with Gasteiger partial charge in [0, 0.05) is 16.6 Å². The number of carbonyl (C=O) groups excluding carboxylic acids is 1. The van der Waals surface area contributed by atoms with Crippen molar-refractivity contribution < 1.29 is 4.79 Å². The molecule has 5 aromatic rings. The summed E-state index contributed by atoms with van der Waals surface area (Å²) in [6.45, 7) is 2.29. The highest BCUT2D eigenvalue weighted by Gasteiger charge is 2.28. The second-order valence-corrected chi connectivity index (χ2v) is 9.48. The van der Waals surface area contributed by atoms with Gasteiger partial charge in [-0.25, -0.2) is 4.98 Å². The second kappa shape index (κ2) is 10.3. The lowest BCUT2D eigenvalue weighted by Gasteiger charge is -2.31. The second-order valence-electron chi connectivity index (χ2n) is 8.57. The molecule has 0 radical (unpaired) electrons. The van der Waals surface area contributed by atoms with E-state index in [0.717, 1.165) is 10.0 Å². The third kappa shape index (κ3) is 4.72. The summed E-state index contributed by atoms with van der Waals surface area (Å²) in [5.41, 5.74) is 2.69. The summed E-state index contributed by atoms with van der Waals surface area (Å²) in [6, 6.07) is 33.4. The molecule has 5 rings (SSSR count). The molecule has 0 aliphatic heterocycles. The lowest BCUT2D eigenvalue weighted by molar-refractivity contribution is 0.0664. The third-order valence-electron chi connectivity index (χ3n) is 6.19. The maximum atomic E-state index is 13.9. The third-order valence-corrected chi connectivity index (χ3v) is 6.68. The molecule has 0 saturated carbocycles. The van der Waals surface area contributed by atoms with Crippen molar-refractivity contribution in [3.63, 3.8) is 0 Å². The van der Waals surface area contributed by atoms with E-state index in [2.05, 4.69) is 15.9 Å². The van der Waals surface area contributed by atoms with Crippen LogP contribution in [-0.4, -0.2) is 20.4 Å². The van der Waals surface area contributed by atoms with Crippen LogP contribution in [0.5, 0.6) is 0 Å². The van der Waals surface area contributed by atoms with E-state index in [1.807, 2.05) is 104 Å². The Kier molecular flexibility index (Phi) is 6.78. The highest BCUT2D eigenvalue weighted by Crippen LogP contribution is 2.27. The largest absolute Gasteiger partial charge is 0.324 e. The molecule has 6 heteroatoms. The molecule has 0 spiro atoms. The summed E-state index contributed by atoms with van der Waals surface area (Å²) in [4.78, 5) is 34.3. The van der Waals surface area contributed by atoms with Gasteiger partial charge in [0.15, 0.2) is 0 Å². The molecular formula is C30H24BrN3O2. The average molecular weight is 538 g/mol. The number of para-hydroxylation sites is 2. The molecule has 0 aliphatic carbocycles. The molecule has 0 N–H and O–H groups in total. The van der Waals surface area contributed by atoms with Gasteiger partial charge in [0.2, 0.25) is 0 Å². The number of halogens is 1. The van der Waals surface area contributed by atoms with Gasteiger partial charge in [-0.15, -0.1) is 0 Å². The summed E-state index contributed by atoms with van der Waals surface area (Å²) in [5, 5.41) is 0.533. The maximum Gasteiger partial charge on any atom is 0.266 e. The van der Waals surface area contributed by atoms with Crippen molar-refractivity contribution in [3.8, 4) is 5.69 Å². The number of fused-ring (bicyclic) bond motifs is 1. The minimum atomic E-state index is -0.505. The standard InChI is InChI=1S/C30H24BrN3O2/c1-21(33(20-22-11-4-2-5-12-22)29(35)23-13-10-14-24(31)19-23)28-32-27-18-9-8-17-26(27)30(36)34(28)25-15-6-3-7-16-25/h2-19,21H,20H2,1H3. The number of rotatable bonds is 6.